The highest BCUT2D eigenvalue weighted by atomic mass is 16.2. The van der Waals surface area contributed by atoms with Gasteiger partial charge in [0.1, 0.15) is 6.04 Å². The maximum atomic E-state index is 12.6. The molecule has 23 heavy (non-hydrogen) atoms. The molecule has 3 N–H and O–H groups in total. The highest BCUT2D eigenvalue weighted by Gasteiger charge is 2.25. The number of nitrogens with zero attached hydrogens (tertiary/aromatic N) is 1. The summed E-state index contributed by atoms with van der Waals surface area (Å²) < 4.78 is 0. The second-order valence-electron chi connectivity index (χ2n) is 5.43. The average molecular weight is 314 g/mol. The summed E-state index contributed by atoms with van der Waals surface area (Å²) in [5.41, 5.74) is 0.841. The van der Waals surface area contributed by atoms with Crippen molar-refractivity contribution >= 4 is 23.4 Å². The molecule has 1 atom stereocenters. The van der Waals surface area contributed by atoms with Crippen LogP contribution in [0.5, 0.6) is 0 Å². The minimum atomic E-state index is -0.390. The van der Waals surface area contributed by atoms with E-state index in [1.807, 2.05) is 6.08 Å². The molecule has 7 nitrogen and oxygen atoms in total. The summed E-state index contributed by atoms with van der Waals surface area (Å²) in [6, 6.07) is 6.45. The summed E-state index contributed by atoms with van der Waals surface area (Å²) >= 11 is 0. The Bertz CT molecular complexity index is 671. The summed E-state index contributed by atoms with van der Waals surface area (Å²) in [5.74, 6) is -0.646. The Kier molecular flexibility index (Phi) is 4.38. The molecule has 2 heterocycles. The average Bonchev–Trinajstić information content (AvgIpc) is 3.09. The van der Waals surface area contributed by atoms with Crippen LogP contribution in [-0.4, -0.2) is 54.8 Å². The fraction of sp³-hybridized carbons (Fsp3) is 0.312. The van der Waals surface area contributed by atoms with Crippen molar-refractivity contribution in [3.8, 4) is 0 Å². The molecule has 3 rings (SSSR count). The van der Waals surface area contributed by atoms with Crippen LogP contribution >= 0.6 is 0 Å². The van der Waals surface area contributed by atoms with Gasteiger partial charge in [0.15, 0.2) is 0 Å². The molecule has 3 amide bonds. The van der Waals surface area contributed by atoms with Crippen molar-refractivity contribution in [2.75, 3.05) is 31.5 Å². The monoisotopic (exact) mass is 314 g/mol. The van der Waals surface area contributed by atoms with E-state index in [0.29, 0.717) is 30.9 Å². The van der Waals surface area contributed by atoms with Gasteiger partial charge in [-0.25, -0.2) is 0 Å². The van der Waals surface area contributed by atoms with Crippen LogP contribution in [0, 0.1) is 0 Å². The number of hydrogen-bond acceptors (Lipinski definition) is 4. The Morgan fingerprint density at radius 1 is 1.26 bits per heavy atom. The van der Waals surface area contributed by atoms with Crippen molar-refractivity contribution in [1.29, 1.82) is 0 Å². The van der Waals surface area contributed by atoms with Crippen molar-refractivity contribution < 1.29 is 14.4 Å². The van der Waals surface area contributed by atoms with Gasteiger partial charge in [-0.1, -0.05) is 24.3 Å². The maximum Gasteiger partial charge on any atom is 0.256 e. The molecular weight excluding hydrogens is 296 g/mol. The van der Waals surface area contributed by atoms with Gasteiger partial charge in [0.2, 0.25) is 11.8 Å². The van der Waals surface area contributed by atoms with Gasteiger partial charge in [-0.2, -0.15) is 0 Å². The number of benzene rings is 1. The molecule has 0 saturated carbocycles. The van der Waals surface area contributed by atoms with Crippen molar-refractivity contribution in [3.05, 3.63) is 42.0 Å². The van der Waals surface area contributed by atoms with Crippen LogP contribution in [-0.2, 0) is 9.59 Å². The normalized spacial score (nSPS) is 20.3. The number of para-hydroxylation sites is 1. The number of nitrogens with one attached hydrogen (secondary N) is 3. The molecule has 1 saturated heterocycles. The van der Waals surface area contributed by atoms with Crippen LogP contribution < -0.4 is 16.0 Å². The fourth-order valence-corrected chi connectivity index (χ4v) is 2.62. The summed E-state index contributed by atoms with van der Waals surface area (Å²) in [4.78, 5) is 37.8. The van der Waals surface area contributed by atoms with E-state index in [-0.39, 0.29) is 30.3 Å². The number of carbonyl (C=O) groups excluding carboxylic acids is 3. The van der Waals surface area contributed by atoms with Crippen LogP contribution in [0.25, 0.3) is 0 Å². The number of anilines is 1. The lowest BCUT2D eigenvalue weighted by atomic mass is 10.1. The van der Waals surface area contributed by atoms with Gasteiger partial charge < -0.3 is 15.5 Å². The lowest BCUT2D eigenvalue weighted by molar-refractivity contribution is -0.123. The van der Waals surface area contributed by atoms with Gasteiger partial charge in [-0.3, -0.25) is 19.7 Å². The highest BCUT2D eigenvalue weighted by Crippen LogP contribution is 2.18. The van der Waals surface area contributed by atoms with Gasteiger partial charge in [0.25, 0.3) is 5.91 Å². The number of piperazine rings is 1. The molecule has 0 radical (unpaired) electrons. The van der Waals surface area contributed by atoms with Gasteiger partial charge in [0, 0.05) is 19.6 Å². The SMILES string of the molecule is O=C1CN(C(=O)c2ccccc2NC(=O)[C@H]2C=CCN2)CCN1. The molecule has 2 aliphatic rings. The first-order chi connectivity index (χ1) is 11.1. The zero-order chi connectivity index (χ0) is 16.2. The first-order valence-corrected chi connectivity index (χ1v) is 7.51. The van der Waals surface area contributed by atoms with Gasteiger partial charge in [-0.05, 0) is 12.1 Å². The molecule has 7 heteroatoms. The van der Waals surface area contributed by atoms with Gasteiger partial charge in [0.05, 0.1) is 17.8 Å². The van der Waals surface area contributed by atoms with Crippen LogP contribution in [0.2, 0.25) is 0 Å². The standard InChI is InChI=1S/C16H18N4O3/c21-14-10-20(9-8-18-14)16(23)11-4-1-2-5-12(11)19-15(22)13-6-3-7-17-13/h1-6,13,17H,7-10H2,(H,18,21)(H,19,22)/t13-/m1/s1. The predicted molar refractivity (Wildman–Crippen MR) is 84.9 cm³/mol. The zero-order valence-corrected chi connectivity index (χ0v) is 12.5. The third-order valence-electron chi connectivity index (χ3n) is 3.81. The Hall–Kier alpha value is -2.67. The summed E-state index contributed by atoms with van der Waals surface area (Å²) in [6.07, 6.45) is 3.67. The van der Waals surface area contributed by atoms with E-state index >= 15 is 0 Å². The molecule has 2 aliphatic heterocycles. The third-order valence-corrected chi connectivity index (χ3v) is 3.81. The fourth-order valence-electron chi connectivity index (χ4n) is 2.62. The van der Waals surface area contributed by atoms with E-state index in [9.17, 15) is 14.4 Å². The molecule has 0 unspecified atom stereocenters. The maximum absolute atomic E-state index is 12.6. The van der Waals surface area contributed by atoms with Crippen molar-refractivity contribution in [2.45, 2.75) is 6.04 Å². The second-order valence-corrected chi connectivity index (χ2v) is 5.43. The Morgan fingerprint density at radius 3 is 2.83 bits per heavy atom. The van der Waals surface area contributed by atoms with E-state index < -0.39 is 0 Å². The molecule has 1 fully saturated rings. The molecule has 1 aromatic carbocycles. The van der Waals surface area contributed by atoms with E-state index in [0.717, 1.165) is 0 Å². The minimum absolute atomic E-state index is 0.0357. The van der Waals surface area contributed by atoms with Crippen molar-refractivity contribution in [3.63, 3.8) is 0 Å². The summed E-state index contributed by atoms with van der Waals surface area (Å²) in [7, 11) is 0. The Morgan fingerprint density at radius 2 is 2.09 bits per heavy atom. The minimum Gasteiger partial charge on any atom is -0.353 e. The topological polar surface area (TPSA) is 90.5 Å². The smallest absolute Gasteiger partial charge is 0.256 e. The number of carbonyl (C=O) groups is 3. The zero-order valence-electron chi connectivity index (χ0n) is 12.5. The molecule has 1 aromatic rings. The van der Waals surface area contributed by atoms with Crippen LogP contribution in [0.3, 0.4) is 0 Å². The summed E-state index contributed by atoms with van der Waals surface area (Å²) in [5, 5.41) is 8.49. The van der Waals surface area contributed by atoms with Crippen molar-refractivity contribution in [1.82, 2.24) is 15.5 Å². The lowest BCUT2D eigenvalue weighted by Crippen LogP contribution is -2.50. The number of hydrogen-bond donors (Lipinski definition) is 3. The number of amides is 3. The first-order valence-electron chi connectivity index (χ1n) is 7.51. The molecular formula is C16H18N4O3. The summed E-state index contributed by atoms with van der Waals surface area (Å²) in [6.45, 7) is 1.59. The van der Waals surface area contributed by atoms with Crippen molar-refractivity contribution in [2.24, 2.45) is 0 Å². The van der Waals surface area contributed by atoms with E-state index in [1.54, 1.807) is 30.3 Å². The first kappa shape index (κ1) is 15.2. The second kappa shape index (κ2) is 6.62. The molecule has 0 aromatic heterocycles. The van der Waals surface area contributed by atoms with Crippen LogP contribution in [0.15, 0.2) is 36.4 Å². The third kappa shape index (κ3) is 3.40. The Labute approximate surface area is 133 Å². The van der Waals surface area contributed by atoms with E-state index in [4.69, 9.17) is 0 Å². The Balaban J connectivity index is 1.77. The van der Waals surface area contributed by atoms with Crippen LogP contribution in [0.1, 0.15) is 10.4 Å². The molecule has 120 valence electrons. The highest BCUT2D eigenvalue weighted by molar-refractivity contribution is 6.06. The van der Waals surface area contributed by atoms with Gasteiger partial charge in [-0.15, -0.1) is 0 Å². The largest absolute Gasteiger partial charge is 0.353 e. The molecule has 0 bridgehead atoms. The van der Waals surface area contributed by atoms with E-state index in [1.165, 1.54) is 4.90 Å². The van der Waals surface area contributed by atoms with E-state index in [2.05, 4.69) is 16.0 Å². The quantitative estimate of drug-likeness (QED) is 0.670. The molecule has 0 aliphatic carbocycles. The number of rotatable bonds is 3. The predicted octanol–water partition coefficient (Wildman–Crippen LogP) is -0.275. The van der Waals surface area contributed by atoms with Gasteiger partial charge >= 0.3 is 0 Å². The van der Waals surface area contributed by atoms with Crippen LogP contribution in [0.4, 0.5) is 5.69 Å². The molecule has 0 spiro atoms. The lowest BCUT2D eigenvalue weighted by Gasteiger charge is -2.27.